The van der Waals surface area contributed by atoms with Gasteiger partial charge in [0, 0.05) is 12.0 Å². The lowest BCUT2D eigenvalue weighted by molar-refractivity contribution is 0.135. The van der Waals surface area contributed by atoms with Crippen molar-refractivity contribution in [3.8, 4) is 0 Å². The Hall–Kier alpha value is -0.110. The Morgan fingerprint density at radius 2 is 1.75 bits per heavy atom. The van der Waals surface area contributed by atoms with E-state index in [9.17, 15) is 4.39 Å². The smallest absolute Gasteiger partial charge is 0.104 e. The Morgan fingerprint density at radius 1 is 1.08 bits per heavy atom. The Bertz CT molecular complexity index is 156. The fourth-order valence-electron chi connectivity index (χ4n) is 2.38. The quantitative estimate of drug-likeness (QED) is 0.677. The minimum Gasteiger partial charge on any atom is -0.327 e. The van der Waals surface area contributed by atoms with Crippen LogP contribution in [0, 0.1) is 11.8 Å². The van der Waals surface area contributed by atoms with Crippen LogP contribution in [-0.2, 0) is 0 Å². The Labute approximate surface area is 73.5 Å². The average Bonchev–Trinajstić information content (AvgIpc) is 2.86. The second kappa shape index (κ2) is 3.33. The van der Waals surface area contributed by atoms with Gasteiger partial charge < -0.3 is 5.73 Å². The third-order valence-electron chi connectivity index (χ3n) is 3.39. The van der Waals surface area contributed by atoms with Crippen LogP contribution in [0.1, 0.15) is 38.5 Å². The molecule has 3 atom stereocenters. The molecule has 0 aromatic rings. The van der Waals surface area contributed by atoms with Crippen LogP contribution in [0.3, 0.4) is 0 Å². The van der Waals surface area contributed by atoms with Gasteiger partial charge in [-0.25, -0.2) is 4.39 Å². The van der Waals surface area contributed by atoms with Crippen molar-refractivity contribution in [3.05, 3.63) is 0 Å². The largest absolute Gasteiger partial charge is 0.327 e. The van der Waals surface area contributed by atoms with Crippen molar-refractivity contribution >= 4 is 0 Å². The molecule has 0 aromatic heterocycles. The van der Waals surface area contributed by atoms with Crippen LogP contribution in [0.5, 0.6) is 0 Å². The highest BCUT2D eigenvalue weighted by Crippen LogP contribution is 2.40. The van der Waals surface area contributed by atoms with Crippen LogP contribution in [0.25, 0.3) is 0 Å². The minimum absolute atomic E-state index is 0.167. The highest BCUT2D eigenvalue weighted by Gasteiger charge is 2.38. The molecular weight excluding hydrogens is 153 g/mol. The second-order valence-corrected chi connectivity index (χ2v) is 4.38. The summed E-state index contributed by atoms with van der Waals surface area (Å²) in [5.74, 6) is 0.845. The van der Waals surface area contributed by atoms with Crippen LogP contribution < -0.4 is 5.73 Å². The lowest BCUT2D eigenvalue weighted by atomic mass is 9.81. The summed E-state index contributed by atoms with van der Waals surface area (Å²) >= 11 is 0. The molecule has 0 radical (unpaired) electrons. The average molecular weight is 171 g/mol. The SMILES string of the molecule is NC(C1CC1)C1CCCCC1F. The molecule has 0 amide bonds. The highest BCUT2D eigenvalue weighted by molar-refractivity contribution is 4.92. The standard InChI is InChI=1S/C10H18FN/c11-9-4-2-1-3-8(9)10(12)7-5-6-7/h7-10H,1-6,12H2. The zero-order chi connectivity index (χ0) is 8.55. The van der Waals surface area contributed by atoms with Crippen molar-refractivity contribution < 1.29 is 4.39 Å². The van der Waals surface area contributed by atoms with Crippen molar-refractivity contribution in [1.82, 2.24) is 0 Å². The lowest BCUT2D eigenvalue weighted by Gasteiger charge is -2.30. The molecule has 70 valence electrons. The van der Waals surface area contributed by atoms with Gasteiger partial charge >= 0.3 is 0 Å². The fourth-order valence-corrected chi connectivity index (χ4v) is 2.38. The van der Waals surface area contributed by atoms with Gasteiger partial charge in [0.25, 0.3) is 0 Å². The Morgan fingerprint density at radius 3 is 2.33 bits per heavy atom. The number of halogens is 1. The maximum absolute atomic E-state index is 13.4. The molecule has 0 heterocycles. The maximum Gasteiger partial charge on any atom is 0.104 e. The van der Waals surface area contributed by atoms with Gasteiger partial charge in [0.1, 0.15) is 6.17 Å². The third-order valence-corrected chi connectivity index (χ3v) is 3.39. The molecule has 3 unspecified atom stereocenters. The van der Waals surface area contributed by atoms with Crippen LogP contribution in [0.4, 0.5) is 4.39 Å². The molecule has 2 aliphatic rings. The molecule has 2 aliphatic carbocycles. The monoisotopic (exact) mass is 171 g/mol. The molecule has 0 aromatic carbocycles. The molecule has 1 nitrogen and oxygen atoms in total. The molecule has 0 spiro atoms. The molecule has 12 heavy (non-hydrogen) atoms. The lowest BCUT2D eigenvalue weighted by Crippen LogP contribution is -2.39. The maximum atomic E-state index is 13.4. The summed E-state index contributed by atoms with van der Waals surface area (Å²) < 4.78 is 13.4. The molecule has 2 N–H and O–H groups in total. The predicted octanol–water partition coefficient (Wildman–Crippen LogP) is 2.25. The van der Waals surface area contributed by atoms with E-state index in [4.69, 9.17) is 5.73 Å². The topological polar surface area (TPSA) is 26.0 Å². The van der Waals surface area contributed by atoms with E-state index in [1.807, 2.05) is 0 Å². The molecule has 0 aliphatic heterocycles. The molecule has 2 rings (SSSR count). The summed E-state index contributed by atoms with van der Waals surface area (Å²) in [7, 11) is 0. The highest BCUT2D eigenvalue weighted by atomic mass is 19.1. The van der Waals surface area contributed by atoms with Crippen molar-refractivity contribution in [2.75, 3.05) is 0 Å². The molecule has 2 saturated carbocycles. The number of hydrogen-bond acceptors (Lipinski definition) is 1. The first-order valence-corrected chi connectivity index (χ1v) is 5.18. The summed E-state index contributed by atoms with van der Waals surface area (Å²) in [6.07, 6.45) is 5.91. The summed E-state index contributed by atoms with van der Waals surface area (Å²) in [5, 5.41) is 0. The van der Waals surface area contributed by atoms with E-state index in [-0.39, 0.29) is 12.0 Å². The van der Waals surface area contributed by atoms with Crippen LogP contribution in [0.15, 0.2) is 0 Å². The van der Waals surface area contributed by atoms with E-state index in [1.165, 1.54) is 19.3 Å². The first-order valence-electron chi connectivity index (χ1n) is 5.18. The number of nitrogens with two attached hydrogens (primary N) is 1. The van der Waals surface area contributed by atoms with Gasteiger partial charge in [-0.1, -0.05) is 12.8 Å². The van der Waals surface area contributed by atoms with Gasteiger partial charge in [-0.05, 0) is 31.6 Å². The normalized spacial score (nSPS) is 39.5. The van der Waals surface area contributed by atoms with E-state index in [0.29, 0.717) is 5.92 Å². The summed E-state index contributed by atoms with van der Waals surface area (Å²) in [6, 6.07) is 0.167. The minimum atomic E-state index is -0.602. The van der Waals surface area contributed by atoms with Crippen LogP contribution in [-0.4, -0.2) is 12.2 Å². The van der Waals surface area contributed by atoms with Gasteiger partial charge in [-0.3, -0.25) is 0 Å². The summed E-state index contributed by atoms with van der Waals surface area (Å²) in [5.41, 5.74) is 6.00. The van der Waals surface area contributed by atoms with Crippen LogP contribution in [0.2, 0.25) is 0 Å². The summed E-state index contributed by atoms with van der Waals surface area (Å²) in [4.78, 5) is 0. The van der Waals surface area contributed by atoms with Crippen molar-refractivity contribution in [2.24, 2.45) is 17.6 Å². The fraction of sp³-hybridized carbons (Fsp3) is 1.00. The van der Waals surface area contributed by atoms with Crippen molar-refractivity contribution in [3.63, 3.8) is 0 Å². The number of hydrogen-bond donors (Lipinski definition) is 1. The Balaban J connectivity index is 1.90. The van der Waals surface area contributed by atoms with Gasteiger partial charge in [-0.2, -0.15) is 0 Å². The van der Waals surface area contributed by atoms with E-state index >= 15 is 0 Å². The van der Waals surface area contributed by atoms with Crippen molar-refractivity contribution in [1.29, 1.82) is 0 Å². The second-order valence-electron chi connectivity index (χ2n) is 4.38. The van der Waals surface area contributed by atoms with Gasteiger partial charge in [0.2, 0.25) is 0 Å². The predicted molar refractivity (Wildman–Crippen MR) is 47.6 cm³/mol. The third kappa shape index (κ3) is 1.63. The Kier molecular flexibility index (Phi) is 2.35. The van der Waals surface area contributed by atoms with Crippen molar-refractivity contribution in [2.45, 2.75) is 50.7 Å². The molecule has 2 fully saturated rings. The number of rotatable bonds is 2. The van der Waals surface area contributed by atoms with Gasteiger partial charge in [-0.15, -0.1) is 0 Å². The first kappa shape index (κ1) is 8.49. The van der Waals surface area contributed by atoms with Gasteiger partial charge in [0.05, 0.1) is 0 Å². The molecule has 2 heteroatoms. The summed E-state index contributed by atoms with van der Waals surface area (Å²) in [6.45, 7) is 0. The number of alkyl halides is 1. The molecular formula is C10H18FN. The zero-order valence-electron chi connectivity index (χ0n) is 7.51. The van der Waals surface area contributed by atoms with E-state index < -0.39 is 6.17 Å². The molecule has 0 saturated heterocycles. The molecule has 0 bridgehead atoms. The van der Waals surface area contributed by atoms with Crippen LogP contribution >= 0.6 is 0 Å². The zero-order valence-corrected chi connectivity index (χ0v) is 7.51. The van der Waals surface area contributed by atoms with Gasteiger partial charge in [0.15, 0.2) is 0 Å². The van der Waals surface area contributed by atoms with E-state index in [0.717, 1.165) is 19.3 Å². The van der Waals surface area contributed by atoms with E-state index in [2.05, 4.69) is 0 Å². The van der Waals surface area contributed by atoms with E-state index in [1.54, 1.807) is 0 Å². The first-order chi connectivity index (χ1) is 5.79.